The molecule has 0 spiro atoms. The van der Waals surface area contributed by atoms with Gasteiger partial charge < -0.3 is 5.32 Å². The van der Waals surface area contributed by atoms with Crippen molar-refractivity contribution in [2.45, 2.75) is 25.4 Å². The Morgan fingerprint density at radius 3 is 2.25 bits per heavy atom. The molecule has 1 aliphatic carbocycles. The van der Waals surface area contributed by atoms with Crippen LogP contribution in [0.15, 0.2) is 36.4 Å². The zero-order chi connectivity index (χ0) is 14.1. The van der Waals surface area contributed by atoms with Gasteiger partial charge >= 0.3 is 0 Å². The van der Waals surface area contributed by atoms with Crippen molar-refractivity contribution in [1.29, 1.82) is 0 Å². The number of benzene rings is 2. The molecule has 0 atom stereocenters. The molecule has 0 amide bonds. The van der Waals surface area contributed by atoms with Gasteiger partial charge in [0.25, 0.3) is 0 Å². The predicted octanol–water partition coefficient (Wildman–Crippen LogP) is 4.02. The van der Waals surface area contributed by atoms with Crippen LogP contribution in [0.25, 0.3) is 11.1 Å². The van der Waals surface area contributed by atoms with Crippen LogP contribution in [0.1, 0.15) is 18.4 Å². The minimum absolute atomic E-state index is 0.207. The fourth-order valence-electron chi connectivity index (χ4n) is 2.16. The van der Waals surface area contributed by atoms with Crippen molar-refractivity contribution >= 4 is 0 Å². The van der Waals surface area contributed by atoms with Gasteiger partial charge in [-0.3, -0.25) is 0 Å². The molecular weight excluding hydrogens is 263 g/mol. The third-order valence-electron chi connectivity index (χ3n) is 3.38. The minimum Gasteiger partial charge on any atom is -0.310 e. The van der Waals surface area contributed by atoms with Gasteiger partial charge in [-0.2, -0.15) is 0 Å². The van der Waals surface area contributed by atoms with Crippen molar-refractivity contribution in [3.8, 4) is 11.1 Å². The van der Waals surface area contributed by atoms with E-state index >= 15 is 0 Å². The van der Waals surface area contributed by atoms with Crippen LogP contribution in [0.3, 0.4) is 0 Å². The third kappa shape index (κ3) is 3.02. The first-order chi connectivity index (χ1) is 9.61. The lowest BCUT2D eigenvalue weighted by atomic mass is 10.0. The second-order valence-electron chi connectivity index (χ2n) is 5.13. The van der Waals surface area contributed by atoms with Gasteiger partial charge in [-0.05, 0) is 42.2 Å². The molecule has 0 aromatic heterocycles. The summed E-state index contributed by atoms with van der Waals surface area (Å²) in [5.74, 6) is -1.89. The number of hydrogen-bond donors (Lipinski definition) is 1. The standard InChI is InChI=1S/C16H14F3N/c17-12-6-11(7-13(18)8-12)15-4-1-10(5-16(15)19)9-20-14-2-3-14/h1,4-8,14,20H,2-3,9H2. The van der Waals surface area contributed by atoms with E-state index in [0.29, 0.717) is 12.6 Å². The van der Waals surface area contributed by atoms with Crippen LogP contribution >= 0.6 is 0 Å². The normalized spacial score (nSPS) is 14.6. The molecule has 1 saturated carbocycles. The Morgan fingerprint density at radius 1 is 0.950 bits per heavy atom. The van der Waals surface area contributed by atoms with Gasteiger partial charge in [0.05, 0.1) is 0 Å². The maximum absolute atomic E-state index is 14.1. The van der Waals surface area contributed by atoms with Gasteiger partial charge in [-0.1, -0.05) is 12.1 Å². The molecule has 3 rings (SSSR count). The van der Waals surface area contributed by atoms with Crippen LogP contribution in [0.4, 0.5) is 13.2 Å². The molecule has 2 aromatic rings. The molecular formula is C16H14F3N. The number of hydrogen-bond acceptors (Lipinski definition) is 1. The highest BCUT2D eigenvalue weighted by Crippen LogP contribution is 2.26. The molecule has 0 aliphatic heterocycles. The molecule has 0 heterocycles. The van der Waals surface area contributed by atoms with E-state index in [-0.39, 0.29) is 11.1 Å². The first kappa shape index (κ1) is 13.2. The van der Waals surface area contributed by atoms with E-state index in [1.165, 1.54) is 18.9 Å². The van der Waals surface area contributed by atoms with E-state index in [1.807, 2.05) is 0 Å². The van der Waals surface area contributed by atoms with E-state index in [9.17, 15) is 13.2 Å². The lowest BCUT2D eigenvalue weighted by Crippen LogP contribution is -2.15. The zero-order valence-corrected chi connectivity index (χ0v) is 10.8. The van der Waals surface area contributed by atoms with Crippen molar-refractivity contribution in [1.82, 2.24) is 5.32 Å². The molecule has 104 valence electrons. The van der Waals surface area contributed by atoms with Gasteiger partial charge in [-0.25, -0.2) is 13.2 Å². The largest absolute Gasteiger partial charge is 0.310 e. The lowest BCUT2D eigenvalue weighted by molar-refractivity contribution is 0.583. The second kappa shape index (κ2) is 5.29. The minimum atomic E-state index is -0.709. The second-order valence-corrected chi connectivity index (χ2v) is 5.13. The summed E-state index contributed by atoms with van der Waals surface area (Å²) in [5.41, 5.74) is 1.25. The Morgan fingerprint density at radius 2 is 1.65 bits per heavy atom. The van der Waals surface area contributed by atoms with E-state index in [2.05, 4.69) is 5.32 Å². The Hall–Kier alpha value is -1.81. The Balaban J connectivity index is 1.85. The molecule has 1 fully saturated rings. The predicted molar refractivity (Wildman–Crippen MR) is 71.6 cm³/mol. The van der Waals surface area contributed by atoms with Gasteiger partial charge in [0.1, 0.15) is 17.5 Å². The summed E-state index contributed by atoms with van der Waals surface area (Å²) >= 11 is 0. The van der Waals surface area contributed by atoms with Gasteiger partial charge in [0.2, 0.25) is 0 Å². The quantitative estimate of drug-likeness (QED) is 0.890. The Labute approximate surface area is 115 Å². The maximum Gasteiger partial charge on any atom is 0.131 e. The van der Waals surface area contributed by atoms with Crippen molar-refractivity contribution in [3.05, 3.63) is 59.4 Å². The van der Waals surface area contributed by atoms with E-state index in [0.717, 1.165) is 23.8 Å². The number of halogens is 3. The summed E-state index contributed by atoms with van der Waals surface area (Å²) < 4.78 is 40.4. The topological polar surface area (TPSA) is 12.0 Å². The first-order valence-corrected chi connectivity index (χ1v) is 6.60. The Kier molecular flexibility index (Phi) is 3.49. The molecule has 1 aliphatic rings. The fourth-order valence-corrected chi connectivity index (χ4v) is 2.16. The lowest BCUT2D eigenvalue weighted by Gasteiger charge is -2.08. The monoisotopic (exact) mass is 277 g/mol. The first-order valence-electron chi connectivity index (χ1n) is 6.60. The van der Waals surface area contributed by atoms with Crippen molar-refractivity contribution < 1.29 is 13.2 Å². The summed E-state index contributed by atoms with van der Waals surface area (Å²) in [6.45, 7) is 0.610. The van der Waals surface area contributed by atoms with E-state index in [1.54, 1.807) is 12.1 Å². The molecule has 1 N–H and O–H groups in total. The molecule has 2 aromatic carbocycles. The summed E-state index contributed by atoms with van der Waals surface area (Å²) in [4.78, 5) is 0. The molecule has 0 saturated heterocycles. The average molecular weight is 277 g/mol. The summed E-state index contributed by atoms with van der Waals surface area (Å²) in [6.07, 6.45) is 2.34. The summed E-state index contributed by atoms with van der Waals surface area (Å²) in [5, 5.41) is 3.29. The van der Waals surface area contributed by atoms with Crippen LogP contribution < -0.4 is 5.32 Å². The highest BCUT2D eigenvalue weighted by atomic mass is 19.1. The van der Waals surface area contributed by atoms with Crippen LogP contribution in [0, 0.1) is 17.5 Å². The van der Waals surface area contributed by atoms with Crippen molar-refractivity contribution in [2.24, 2.45) is 0 Å². The van der Waals surface area contributed by atoms with Crippen LogP contribution in [0.5, 0.6) is 0 Å². The van der Waals surface area contributed by atoms with Crippen molar-refractivity contribution in [3.63, 3.8) is 0 Å². The molecule has 20 heavy (non-hydrogen) atoms. The van der Waals surface area contributed by atoms with E-state index < -0.39 is 17.5 Å². The number of nitrogens with one attached hydrogen (secondary N) is 1. The smallest absolute Gasteiger partial charge is 0.131 e. The van der Waals surface area contributed by atoms with Gasteiger partial charge in [-0.15, -0.1) is 0 Å². The van der Waals surface area contributed by atoms with Crippen LogP contribution in [-0.2, 0) is 6.54 Å². The van der Waals surface area contributed by atoms with Crippen LogP contribution in [-0.4, -0.2) is 6.04 Å². The third-order valence-corrected chi connectivity index (χ3v) is 3.38. The molecule has 0 radical (unpaired) electrons. The molecule has 0 bridgehead atoms. The van der Waals surface area contributed by atoms with Gasteiger partial charge in [0, 0.05) is 24.2 Å². The Bertz CT molecular complexity index is 615. The average Bonchev–Trinajstić information content (AvgIpc) is 3.19. The molecule has 0 unspecified atom stereocenters. The van der Waals surface area contributed by atoms with E-state index in [4.69, 9.17) is 0 Å². The highest BCUT2D eigenvalue weighted by molar-refractivity contribution is 5.64. The molecule has 4 heteroatoms. The zero-order valence-electron chi connectivity index (χ0n) is 10.8. The number of rotatable bonds is 4. The van der Waals surface area contributed by atoms with Crippen molar-refractivity contribution in [2.75, 3.05) is 0 Å². The summed E-state index contributed by atoms with van der Waals surface area (Å²) in [6, 6.07) is 8.33. The maximum atomic E-state index is 14.1. The highest BCUT2D eigenvalue weighted by Gasteiger charge is 2.20. The SMILES string of the molecule is Fc1cc(F)cc(-c2ccc(CNC3CC3)cc2F)c1. The van der Waals surface area contributed by atoms with Gasteiger partial charge in [0.15, 0.2) is 0 Å². The summed E-state index contributed by atoms with van der Waals surface area (Å²) in [7, 11) is 0. The molecule has 1 nitrogen and oxygen atoms in total. The van der Waals surface area contributed by atoms with Crippen LogP contribution in [0.2, 0.25) is 0 Å². The fraction of sp³-hybridized carbons (Fsp3) is 0.250.